The normalized spacial score (nSPS) is 12.2. The van der Waals surface area contributed by atoms with Gasteiger partial charge in [-0.05, 0) is 42.5 Å². The molecule has 2 aromatic rings. The quantitative estimate of drug-likeness (QED) is 0.838. The summed E-state index contributed by atoms with van der Waals surface area (Å²) in [4.78, 5) is 1.12. The molecule has 3 nitrogen and oxygen atoms in total. The number of hydrogen-bond donors (Lipinski definition) is 2. The fraction of sp³-hybridized carbons (Fsp3) is 0. The van der Waals surface area contributed by atoms with Gasteiger partial charge in [-0.25, -0.2) is 4.21 Å². The van der Waals surface area contributed by atoms with Crippen molar-refractivity contribution in [2.24, 2.45) is 0 Å². The van der Waals surface area contributed by atoms with E-state index in [-0.39, 0.29) is 11.5 Å². The summed E-state index contributed by atoms with van der Waals surface area (Å²) in [6, 6.07) is 12.5. The summed E-state index contributed by atoms with van der Waals surface area (Å²) in [5.41, 5.74) is 0. The first-order valence-corrected chi connectivity index (χ1v) is 5.81. The molecule has 0 aromatic heterocycles. The maximum absolute atomic E-state index is 12.0. The van der Waals surface area contributed by atoms with E-state index < -0.39 is 10.8 Å². The standard InChI is InChI=1S/C12H10O3S/c13-9-4-6-11(7-5-9)16(15)12-3-1-2-10(14)8-12/h1-8,13-14H. The molecule has 0 heterocycles. The molecule has 2 aromatic carbocycles. The maximum atomic E-state index is 12.0. The first-order chi connectivity index (χ1) is 7.66. The van der Waals surface area contributed by atoms with Crippen LogP contribution in [-0.4, -0.2) is 14.4 Å². The van der Waals surface area contributed by atoms with Crippen LogP contribution in [0.3, 0.4) is 0 Å². The van der Waals surface area contributed by atoms with Gasteiger partial charge in [-0.1, -0.05) is 6.07 Å². The van der Waals surface area contributed by atoms with Crippen LogP contribution in [0.25, 0.3) is 0 Å². The second-order valence-corrected chi connectivity index (χ2v) is 4.74. The molecule has 2 rings (SSSR count). The average Bonchev–Trinajstić information content (AvgIpc) is 2.29. The number of rotatable bonds is 2. The summed E-state index contributed by atoms with van der Waals surface area (Å²) in [5, 5.41) is 18.4. The zero-order valence-electron chi connectivity index (χ0n) is 8.33. The lowest BCUT2D eigenvalue weighted by Crippen LogP contribution is -1.91. The SMILES string of the molecule is O=S(c1ccc(O)cc1)c1cccc(O)c1. The van der Waals surface area contributed by atoms with Crippen LogP contribution in [0.4, 0.5) is 0 Å². The summed E-state index contributed by atoms with van der Waals surface area (Å²) in [7, 11) is -1.34. The van der Waals surface area contributed by atoms with E-state index in [1.807, 2.05) is 0 Å². The molecule has 0 aliphatic rings. The van der Waals surface area contributed by atoms with Gasteiger partial charge in [0.05, 0.1) is 10.8 Å². The van der Waals surface area contributed by atoms with E-state index in [0.717, 1.165) is 0 Å². The Bertz CT molecular complexity index is 520. The van der Waals surface area contributed by atoms with Gasteiger partial charge in [0.2, 0.25) is 0 Å². The Morgan fingerprint density at radius 2 is 1.50 bits per heavy atom. The largest absolute Gasteiger partial charge is 0.508 e. The van der Waals surface area contributed by atoms with Gasteiger partial charge in [-0.2, -0.15) is 0 Å². The predicted octanol–water partition coefficient (Wildman–Crippen LogP) is 2.26. The van der Waals surface area contributed by atoms with Gasteiger partial charge in [0.25, 0.3) is 0 Å². The Morgan fingerprint density at radius 3 is 2.12 bits per heavy atom. The van der Waals surface area contributed by atoms with Crippen LogP contribution >= 0.6 is 0 Å². The van der Waals surface area contributed by atoms with Crippen LogP contribution < -0.4 is 0 Å². The highest BCUT2D eigenvalue weighted by atomic mass is 32.2. The van der Waals surface area contributed by atoms with Gasteiger partial charge < -0.3 is 10.2 Å². The van der Waals surface area contributed by atoms with Crippen molar-refractivity contribution in [3.05, 3.63) is 48.5 Å². The molecule has 0 spiro atoms. The van der Waals surface area contributed by atoms with Crippen LogP contribution in [-0.2, 0) is 10.8 Å². The van der Waals surface area contributed by atoms with E-state index in [0.29, 0.717) is 9.79 Å². The lowest BCUT2D eigenvalue weighted by molar-refractivity contribution is 0.473. The smallest absolute Gasteiger partial charge is 0.116 e. The number of hydrogen-bond acceptors (Lipinski definition) is 3. The lowest BCUT2D eigenvalue weighted by Gasteiger charge is -2.02. The van der Waals surface area contributed by atoms with Crippen molar-refractivity contribution >= 4 is 10.8 Å². The van der Waals surface area contributed by atoms with Crippen molar-refractivity contribution < 1.29 is 14.4 Å². The molecule has 2 N–H and O–H groups in total. The predicted molar refractivity (Wildman–Crippen MR) is 60.9 cm³/mol. The third kappa shape index (κ3) is 2.23. The van der Waals surface area contributed by atoms with E-state index in [9.17, 15) is 9.32 Å². The molecule has 1 unspecified atom stereocenters. The highest BCUT2D eigenvalue weighted by Crippen LogP contribution is 2.21. The second-order valence-electron chi connectivity index (χ2n) is 3.26. The summed E-state index contributed by atoms with van der Waals surface area (Å²) in [5.74, 6) is 0.223. The summed E-state index contributed by atoms with van der Waals surface area (Å²) in [6.45, 7) is 0. The van der Waals surface area contributed by atoms with Crippen molar-refractivity contribution in [2.45, 2.75) is 9.79 Å². The zero-order chi connectivity index (χ0) is 11.5. The van der Waals surface area contributed by atoms with Gasteiger partial charge in [0.15, 0.2) is 0 Å². The van der Waals surface area contributed by atoms with Gasteiger partial charge in [0, 0.05) is 9.79 Å². The van der Waals surface area contributed by atoms with Crippen molar-refractivity contribution in [2.75, 3.05) is 0 Å². The van der Waals surface area contributed by atoms with E-state index in [4.69, 9.17) is 5.11 Å². The Morgan fingerprint density at radius 1 is 0.812 bits per heavy atom. The molecule has 0 bridgehead atoms. The summed E-state index contributed by atoms with van der Waals surface area (Å²) >= 11 is 0. The average molecular weight is 234 g/mol. The molecule has 0 aliphatic heterocycles. The lowest BCUT2D eigenvalue weighted by atomic mass is 10.3. The number of phenolic OH excluding ortho intramolecular Hbond substituents is 2. The molecule has 0 radical (unpaired) electrons. The minimum atomic E-state index is -1.34. The van der Waals surface area contributed by atoms with Gasteiger partial charge in [-0.15, -0.1) is 0 Å². The van der Waals surface area contributed by atoms with E-state index in [1.54, 1.807) is 24.3 Å². The Labute approximate surface area is 95.5 Å². The molecule has 0 amide bonds. The van der Waals surface area contributed by atoms with E-state index >= 15 is 0 Å². The molecule has 16 heavy (non-hydrogen) atoms. The molecule has 0 saturated carbocycles. The molecule has 82 valence electrons. The van der Waals surface area contributed by atoms with Gasteiger partial charge in [0.1, 0.15) is 11.5 Å². The fourth-order valence-electron chi connectivity index (χ4n) is 1.30. The number of aromatic hydroxyl groups is 2. The Kier molecular flexibility index (Phi) is 2.92. The molecule has 0 aliphatic carbocycles. The van der Waals surface area contributed by atoms with Crippen molar-refractivity contribution in [1.82, 2.24) is 0 Å². The van der Waals surface area contributed by atoms with Gasteiger partial charge >= 0.3 is 0 Å². The third-order valence-corrected chi connectivity index (χ3v) is 3.46. The summed E-state index contributed by atoms with van der Waals surface area (Å²) < 4.78 is 12.0. The van der Waals surface area contributed by atoms with Crippen molar-refractivity contribution in [3.8, 4) is 11.5 Å². The fourth-order valence-corrected chi connectivity index (χ4v) is 2.39. The minimum Gasteiger partial charge on any atom is -0.508 e. The molecule has 0 saturated heterocycles. The van der Waals surface area contributed by atoms with E-state index in [1.165, 1.54) is 24.3 Å². The Hall–Kier alpha value is -1.81. The van der Waals surface area contributed by atoms with Crippen molar-refractivity contribution in [1.29, 1.82) is 0 Å². The molecular formula is C12H10O3S. The van der Waals surface area contributed by atoms with Crippen LogP contribution in [0.2, 0.25) is 0 Å². The van der Waals surface area contributed by atoms with Crippen LogP contribution in [0.1, 0.15) is 0 Å². The number of benzene rings is 2. The third-order valence-electron chi connectivity index (χ3n) is 2.08. The van der Waals surface area contributed by atoms with Crippen LogP contribution in [0.5, 0.6) is 11.5 Å². The minimum absolute atomic E-state index is 0.0876. The van der Waals surface area contributed by atoms with Crippen LogP contribution in [0, 0.1) is 0 Å². The van der Waals surface area contributed by atoms with Gasteiger partial charge in [-0.3, -0.25) is 0 Å². The zero-order valence-corrected chi connectivity index (χ0v) is 9.15. The van der Waals surface area contributed by atoms with E-state index in [2.05, 4.69) is 0 Å². The molecule has 4 heteroatoms. The molecular weight excluding hydrogens is 224 g/mol. The topological polar surface area (TPSA) is 57.5 Å². The first kappa shape index (κ1) is 10.7. The van der Waals surface area contributed by atoms with Crippen molar-refractivity contribution in [3.63, 3.8) is 0 Å². The summed E-state index contributed by atoms with van der Waals surface area (Å²) in [6.07, 6.45) is 0. The number of phenols is 2. The highest BCUT2D eigenvalue weighted by Gasteiger charge is 2.07. The first-order valence-electron chi connectivity index (χ1n) is 4.66. The highest BCUT2D eigenvalue weighted by molar-refractivity contribution is 7.85. The second kappa shape index (κ2) is 4.37. The molecule has 0 fully saturated rings. The monoisotopic (exact) mass is 234 g/mol. The Balaban J connectivity index is 2.35. The maximum Gasteiger partial charge on any atom is 0.116 e. The van der Waals surface area contributed by atoms with Crippen LogP contribution in [0.15, 0.2) is 58.3 Å². The molecule has 1 atom stereocenters.